The van der Waals surface area contributed by atoms with Gasteiger partial charge >= 0.3 is 0 Å². The van der Waals surface area contributed by atoms with Gasteiger partial charge in [-0.2, -0.15) is 0 Å². The minimum absolute atomic E-state index is 0.0290. The number of aromatic nitrogens is 1. The molecule has 0 fully saturated rings. The largest absolute Gasteiger partial charge is 0.489 e. The molecule has 0 aliphatic heterocycles. The van der Waals surface area contributed by atoms with Crippen molar-refractivity contribution in [2.75, 3.05) is 12.3 Å². The van der Waals surface area contributed by atoms with Gasteiger partial charge in [0, 0.05) is 11.7 Å². The Kier molecular flexibility index (Phi) is 4.75. The van der Waals surface area contributed by atoms with E-state index in [0.29, 0.717) is 24.6 Å². The Labute approximate surface area is 101 Å². The standard InChI is InChI=1S/C12H19N3O2/c1-8(2)14-11(16)6-7-17-10-5-4-9(3)15-12(10)13/h4-5,8H,6-7H2,1-3H3,(H2,13,15)(H,14,16). The van der Waals surface area contributed by atoms with Crippen molar-refractivity contribution < 1.29 is 9.53 Å². The van der Waals surface area contributed by atoms with Gasteiger partial charge in [0.1, 0.15) is 0 Å². The zero-order valence-corrected chi connectivity index (χ0v) is 10.5. The van der Waals surface area contributed by atoms with Crippen molar-refractivity contribution in [2.24, 2.45) is 0 Å². The average Bonchev–Trinajstić information content (AvgIpc) is 2.20. The summed E-state index contributed by atoms with van der Waals surface area (Å²) in [5.74, 6) is 0.848. The van der Waals surface area contributed by atoms with Crippen LogP contribution in [0.4, 0.5) is 5.82 Å². The summed E-state index contributed by atoms with van der Waals surface area (Å²) in [4.78, 5) is 15.4. The number of carbonyl (C=O) groups excluding carboxylic acids is 1. The number of nitrogens with zero attached hydrogens (tertiary/aromatic N) is 1. The van der Waals surface area contributed by atoms with Crippen LogP contribution in [0.3, 0.4) is 0 Å². The molecule has 0 aromatic carbocycles. The van der Waals surface area contributed by atoms with Crippen LogP contribution in [0, 0.1) is 6.92 Å². The molecule has 0 saturated heterocycles. The predicted molar refractivity (Wildman–Crippen MR) is 66.8 cm³/mol. The van der Waals surface area contributed by atoms with E-state index in [1.54, 1.807) is 6.07 Å². The highest BCUT2D eigenvalue weighted by atomic mass is 16.5. The van der Waals surface area contributed by atoms with Crippen LogP contribution in [0.5, 0.6) is 5.75 Å². The highest BCUT2D eigenvalue weighted by Gasteiger charge is 2.05. The molecule has 0 aliphatic carbocycles. The maximum atomic E-state index is 11.3. The van der Waals surface area contributed by atoms with Crippen molar-refractivity contribution in [1.29, 1.82) is 0 Å². The van der Waals surface area contributed by atoms with Crippen molar-refractivity contribution in [3.63, 3.8) is 0 Å². The first kappa shape index (κ1) is 13.3. The van der Waals surface area contributed by atoms with Gasteiger partial charge in [0.2, 0.25) is 5.91 Å². The Bertz CT molecular complexity index is 391. The smallest absolute Gasteiger partial charge is 0.223 e. The molecule has 94 valence electrons. The lowest BCUT2D eigenvalue weighted by Gasteiger charge is -2.10. The molecule has 5 nitrogen and oxygen atoms in total. The first-order valence-electron chi connectivity index (χ1n) is 5.64. The number of anilines is 1. The number of hydrogen-bond donors (Lipinski definition) is 2. The molecule has 1 aromatic heterocycles. The fourth-order valence-corrected chi connectivity index (χ4v) is 1.33. The normalized spacial score (nSPS) is 10.4. The topological polar surface area (TPSA) is 77.2 Å². The fraction of sp³-hybridized carbons (Fsp3) is 0.500. The predicted octanol–water partition coefficient (Wildman–Crippen LogP) is 1.27. The van der Waals surface area contributed by atoms with Crippen LogP contribution >= 0.6 is 0 Å². The van der Waals surface area contributed by atoms with E-state index >= 15 is 0 Å². The van der Waals surface area contributed by atoms with Crippen molar-refractivity contribution in [3.05, 3.63) is 17.8 Å². The molecular formula is C12H19N3O2. The van der Waals surface area contributed by atoms with E-state index in [2.05, 4.69) is 10.3 Å². The molecule has 17 heavy (non-hydrogen) atoms. The zero-order valence-electron chi connectivity index (χ0n) is 10.5. The molecule has 1 heterocycles. The molecule has 0 bridgehead atoms. The Hall–Kier alpha value is -1.78. The summed E-state index contributed by atoms with van der Waals surface area (Å²) < 4.78 is 5.40. The van der Waals surface area contributed by atoms with Crippen molar-refractivity contribution in [2.45, 2.75) is 33.2 Å². The highest BCUT2D eigenvalue weighted by molar-refractivity contribution is 5.76. The van der Waals surface area contributed by atoms with Crippen LogP contribution in [-0.4, -0.2) is 23.5 Å². The molecule has 5 heteroatoms. The average molecular weight is 237 g/mol. The van der Waals surface area contributed by atoms with E-state index in [9.17, 15) is 4.79 Å². The molecule has 3 N–H and O–H groups in total. The summed E-state index contributed by atoms with van der Waals surface area (Å²) in [5.41, 5.74) is 6.52. The summed E-state index contributed by atoms with van der Waals surface area (Å²) in [6.45, 7) is 5.99. The number of nitrogens with two attached hydrogens (primary N) is 1. The number of aryl methyl sites for hydroxylation is 1. The highest BCUT2D eigenvalue weighted by Crippen LogP contribution is 2.18. The molecule has 0 spiro atoms. The number of hydrogen-bond acceptors (Lipinski definition) is 4. The number of nitrogens with one attached hydrogen (secondary N) is 1. The van der Waals surface area contributed by atoms with E-state index in [0.717, 1.165) is 5.69 Å². The summed E-state index contributed by atoms with van der Waals surface area (Å²) >= 11 is 0. The first-order valence-corrected chi connectivity index (χ1v) is 5.64. The summed E-state index contributed by atoms with van der Waals surface area (Å²) in [6.07, 6.45) is 0.311. The Balaban J connectivity index is 2.38. The van der Waals surface area contributed by atoms with Gasteiger partial charge < -0.3 is 15.8 Å². The van der Waals surface area contributed by atoms with Crippen LogP contribution in [-0.2, 0) is 4.79 Å². The molecule has 0 unspecified atom stereocenters. The third kappa shape index (κ3) is 4.72. The maximum Gasteiger partial charge on any atom is 0.223 e. The minimum Gasteiger partial charge on any atom is -0.489 e. The van der Waals surface area contributed by atoms with Gasteiger partial charge in [0.25, 0.3) is 0 Å². The third-order valence-electron chi connectivity index (χ3n) is 2.06. The Morgan fingerprint density at radius 2 is 2.24 bits per heavy atom. The summed E-state index contributed by atoms with van der Waals surface area (Å²) in [6, 6.07) is 3.73. The molecule has 0 radical (unpaired) electrons. The molecule has 0 saturated carbocycles. The van der Waals surface area contributed by atoms with Gasteiger partial charge in [0.05, 0.1) is 13.0 Å². The molecule has 1 amide bonds. The van der Waals surface area contributed by atoms with Crippen LogP contribution < -0.4 is 15.8 Å². The third-order valence-corrected chi connectivity index (χ3v) is 2.06. The van der Waals surface area contributed by atoms with E-state index in [-0.39, 0.29) is 11.9 Å². The lowest BCUT2D eigenvalue weighted by molar-refractivity contribution is -0.122. The Morgan fingerprint density at radius 3 is 2.82 bits per heavy atom. The number of amides is 1. The second-order valence-electron chi connectivity index (χ2n) is 4.16. The molecule has 1 aromatic rings. The van der Waals surface area contributed by atoms with Crippen LogP contribution in [0.25, 0.3) is 0 Å². The summed E-state index contributed by atoms with van der Waals surface area (Å²) in [5, 5.41) is 2.79. The number of pyridine rings is 1. The second-order valence-corrected chi connectivity index (χ2v) is 4.16. The van der Waals surface area contributed by atoms with Crippen molar-refractivity contribution in [1.82, 2.24) is 10.3 Å². The van der Waals surface area contributed by atoms with E-state index < -0.39 is 0 Å². The minimum atomic E-state index is -0.0290. The van der Waals surface area contributed by atoms with Crippen molar-refractivity contribution in [3.8, 4) is 5.75 Å². The Morgan fingerprint density at radius 1 is 1.53 bits per heavy atom. The quantitative estimate of drug-likeness (QED) is 0.808. The van der Waals surface area contributed by atoms with E-state index in [4.69, 9.17) is 10.5 Å². The van der Waals surface area contributed by atoms with Crippen LogP contribution in [0.15, 0.2) is 12.1 Å². The van der Waals surface area contributed by atoms with Gasteiger partial charge in [0.15, 0.2) is 11.6 Å². The number of rotatable bonds is 5. The van der Waals surface area contributed by atoms with Crippen LogP contribution in [0.2, 0.25) is 0 Å². The zero-order chi connectivity index (χ0) is 12.8. The monoisotopic (exact) mass is 237 g/mol. The number of carbonyl (C=O) groups is 1. The van der Waals surface area contributed by atoms with Crippen LogP contribution in [0.1, 0.15) is 26.0 Å². The van der Waals surface area contributed by atoms with Gasteiger partial charge in [-0.1, -0.05) is 0 Å². The van der Waals surface area contributed by atoms with Crippen molar-refractivity contribution >= 4 is 11.7 Å². The van der Waals surface area contributed by atoms with E-state index in [1.807, 2.05) is 26.8 Å². The second kappa shape index (κ2) is 6.08. The van der Waals surface area contributed by atoms with Gasteiger partial charge in [-0.05, 0) is 32.9 Å². The fourth-order valence-electron chi connectivity index (χ4n) is 1.33. The lowest BCUT2D eigenvalue weighted by Crippen LogP contribution is -2.31. The van der Waals surface area contributed by atoms with Gasteiger partial charge in [-0.25, -0.2) is 4.98 Å². The molecule has 0 atom stereocenters. The van der Waals surface area contributed by atoms with Gasteiger partial charge in [-0.15, -0.1) is 0 Å². The SMILES string of the molecule is Cc1ccc(OCCC(=O)NC(C)C)c(N)n1. The van der Waals surface area contributed by atoms with Gasteiger partial charge in [-0.3, -0.25) is 4.79 Å². The number of nitrogen functional groups attached to an aromatic ring is 1. The summed E-state index contributed by atoms with van der Waals surface area (Å²) in [7, 11) is 0. The molecular weight excluding hydrogens is 218 g/mol. The number of ether oxygens (including phenoxy) is 1. The molecule has 0 aliphatic rings. The molecule has 1 rings (SSSR count). The lowest BCUT2D eigenvalue weighted by atomic mass is 10.3. The van der Waals surface area contributed by atoms with E-state index in [1.165, 1.54) is 0 Å². The maximum absolute atomic E-state index is 11.3. The first-order chi connectivity index (χ1) is 7.99.